The second kappa shape index (κ2) is 5.03. The first kappa shape index (κ1) is 17.0. The van der Waals surface area contributed by atoms with E-state index in [0.717, 1.165) is 25.7 Å². The standard InChI is InChI=1S/C22H28O3/c1-13-11-19-17-6-5-15-12-16(24)7-9-20(15,3)18(17)8-10-21(19,4)22(13,25)14(2)23/h8,12,17,19,25H,1,5-7,9-11H2,2-4H3/t17-,19+,20+,21+,22-/m1/s1. The summed E-state index contributed by atoms with van der Waals surface area (Å²) in [4.78, 5) is 24.2. The first-order valence-corrected chi connectivity index (χ1v) is 9.50. The Morgan fingerprint density at radius 2 is 2.04 bits per heavy atom. The molecule has 0 amide bonds. The van der Waals surface area contributed by atoms with E-state index in [0.29, 0.717) is 24.3 Å². The number of carbonyl (C=O) groups excluding carboxylic acids is 2. The molecule has 3 heteroatoms. The van der Waals surface area contributed by atoms with Gasteiger partial charge in [0.05, 0.1) is 0 Å². The van der Waals surface area contributed by atoms with Crippen LogP contribution in [-0.2, 0) is 9.59 Å². The fourth-order valence-electron chi connectivity index (χ4n) is 6.48. The van der Waals surface area contributed by atoms with E-state index in [9.17, 15) is 14.7 Å². The van der Waals surface area contributed by atoms with Crippen molar-refractivity contribution in [1.29, 1.82) is 0 Å². The molecule has 0 unspecified atom stereocenters. The van der Waals surface area contributed by atoms with Crippen molar-refractivity contribution in [3.8, 4) is 0 Å². The van der Waals surface area contributed by atoms with Crippen LogP contribution in [0.25, 0.3) is 0 Å². The van der Waals surface area contributed by atoms with Gasteiger partial charge in [0.25, 0.3) is 0 Å². The molecule has 3 nitrogen and oxygen atoms in total. The van der Waals surface area contributed by atoms with Gasteiger partial charge < -0.3 is 5.11 Å². The van der Waals surface area contributed by atoms with Crippen LogP contribution < -0.4 is 0 Å². The molecule has 1 N–H and O–H groups in total. The Kier molecular flexibility index (Phi) is 3.41. The van der Waals surface area contributed by atoms with Crippen LogP contribution in [0.5, 0.6) is 0 Å². The number of hydrogen-bond donors (Lipinski definition) is 1. The molecule has 2 fully saturated rings. The minimum Gasteiger partial charge on any atom is -0.377 e. The molecule has 0 radical (unpaired) electrons. The van der Waals surface area contributed by atoms with E-state index in [1.54, 1.807) is 0 Å². The minimum absolute atomic E-state index is 0.0174. The van der Waals surface area contributed by atoms with Crippen molar-refractivity contribution in [1.82, 2.24) is 0 Å². The van der Waals surface area contributed by atoms with Gasteiger partial charge in [0.2, 0.25) is 0 Å². The van der Waals surface area contributed by atoms with Gasteiger partial charge in [0.15, 0.2) is 11.6 Å². The molecular formula is C22H28O3. The number of fused-ring (bicyclic) bond motifs is 5. The number of aliphatic hydroxyl groups is 1. The summed E-state index contributed by atoms with van der Waals surface area (Å²) in [5, 5.41) is 11.3. The highest BCUT2D eigenvalue weighted by molar-refractivity contribution is 5.92. The molecule has 0 heterocycles. The van der Waals surface area contributed by atoms with Crippen LogP contribution >= 0.6 is 0 Å². The summed E-state index contributed by atoms with van der Waals surface area (Å²) in [5.74, 6) is 0.710. The van der Waals surface area contributed by atoms with Gasteiger partial charge in [-0.05, 0) is 62.5 Å². The van der Waals surface area contributed by atoms with E-state index in [1.165, 1.54) is 18.1 Å². The third-order valence-corrected chi connectivity index (χ3v) is 8.04. The molecule has 134 valence electrons. The SMILES string of the molecule is C=C1C[C@H]2[C@@H]3CCC4=CC(=O)CC[C@]4(C)C3=CC[C@]2(C)[C@]1(O)C(C)=O. The highest BCUT2D eigenvalue weighted by atomic mass is 16.3. The molecular weight excluding hydrogens is 312 g/mol. The summed E-state index contributed by atoms with van der Waals surface area (Å²) in [5.41, 5.74) is 1.53. The summed E-state index contributed by atoms with van der Waals surface area (Å²) in [7, 11) is 0. The van der Waals surface area contributed by atoms with E-state index >= 15 is 0 Å². The monoisotopic (exact) mass is 340 g/mol. The molecule has 4 rings (SSSR count). The fourth-order valence-corrected chi connectivity index (χ4v) is 6.48. The molecule has 0 spiro atoms. The van der Waals surface area contributed by atoms with Gasteiger partial charge in [-0.25, -0.2) is 0 Å². The molecule has 5 atom stereocenters. The molecule has 0 bridgehead atoms. The molecule has 4 aliphatic rings. The van der Waals surface area contributed by atoms with Crippen LogP contribution in [0, 0.1) is 22.7 Å². The van der Waals surface area contributed by atoms with Crippen LogP contribution in [0.15, 0.2) is 35.5 Å². The highest BCUT2D eigenvalue weighted by Crippen LogP contribution is 2.66. The lowest BCUT2D eigenvalue weighted by molar-refractivity contribution is -0.145. The number of ketones is 2. The van der Waals surface area contributed by atoms with Gasteiger partial charge in [0.1, 0.15) is 5.60 Å². The quantitative estimate of drug-likeness (QED) is 0.736. The predicted molar refractivity (Wildman–Crippen MR) is 96.8 cm³/mol. The zero-order valence-corrected chi connectivity index (χ0v) is 15.5. The number of allylic oxidation sites excluding steroid dienone is 4. The maximum absolute atomic E-state index is 12.3. The van der Waals surface area contributed by atoms with Crippen LogP contribution in [-0.4, -0.2) is 22.3 Å². The van der Waals surface area contributed by atoms with E-state index in [-0.39, 0.29) is 22.9 Å². The van der Waals surface area contributed by atoms with E-state index in [4.69, 9.17) is 0 Å². The third-order valence-electron chi connectivity index (χ3n) is 8.04. The van der Waals surface area contributed by atoms with Crippen molar-refractivity contribution in [3.63, 3.8) is 0 Å². The average Bonchev–Trinajstić information content (AvgIpc) is 2.77. The van der Waals surface area contributed by atoms with E-state index in [2.05, 4.69) is 26.5 Å². The van der Waals surface area contributed by atoms with Gasteiger partial charge in [-0.15, -0.1) is 0 Å². The predicted octanol–water partition coefficient (Wildman–Crippen LogP) is 3.92. The van der Waals surface area contributed by atoms with E-state index in [1.807, 2.05) is 6.08 Å². The molecule has 0 aromatic carbocycles. The fraction of sp³-hybridized carbons (Fsp3) is 0.636. The lowest BCUT2D eigenvalue weighted by Crippen LogP contribution is -2.54. The second-order valence-electron chi connectivity index (χ2n) is 9.07. The largest absolute Gasteiger partial charge is 0.377 e. The second-order valence-corrected chi connectivity index (χ2v) is 9.07. The maximum Gasteiger partial charge on any atom is 0.166 e. The van der Waals surface area contributed by atoms with Crippen LogP contribution in [0.4, 0.5) is 0 Å². The molecule has 2 saturated carbocycles. The van der Waals surface area contributed by atoms with Gasteiger partial charge in [-0.2, -0.15) is 0 Å². The number of carbonyl (C=O) groups is 2. The van der Waals surface area contributed by atoms with Crippen molar-refractivity contribution in [3.05, 3.63) is 35.5 Å². The Hall–Kier alpha value is -1.48. The van der Waals surface area contributed by atoms with Crippen molar-refractivity contribution in [2.45, 2.75) is 64.9 Å². The Morgan fingerprint density at radius 3 is 2.72 bits per heavy atom. The lowest BCUT2D eigenvalue weighted by Gasteiger charge is -2.54. The third kappa shape index (κ3) is 1.91. The van der Waals surface area contributed by atoms with Crippen LogP contribution in [0.3, 0.4) is 0 Å². The van der Waals surface area contributed by atoms with E-state index < -0.39 is 11.0 Å². The van der Waals surface area contributed by atoms with Crippen molar-refractivity contribution in [2.75, 3.05) is 0 Å². The Bertz CT molecular complexity index is 757. The molecule has 0 aliphatic heterocycles. The van der Waals surface area contributed by atoms with Crippen molar-refractivity contribution < 1.29 is 14.7 Å². The molecule has 0 aromatic heterocycles. The first-order valence-electron chi connectivity index (χ1n) is 9.50. The summed E-state index contributed by atoms with van der Waals surface area (Å²) >= 11 is 0. The summed E-state index contributed by atoms with van der Waals surface area (Å²) < 4.78 is 0. The number of hydrogen-bond acceptors (Lipinski definition) is 3. The van der Waals surface area contributed by atoms with Gasteiger partial charge >= 0.3 is 0 Å². The van der Waals surface area contributed by atoms with Crippen molar-refractivity contribution in [2.24, 2.45) is 22.7 Å². The lowest BCUT2D eigenvalue weighted by atomic mass is 9.50. The van der Waals surface area contributed by atoms with Crippen molar-refractivity contribution >= 4 is 11.6 Å². The summed E-state index contributed by atoms with van der Waals surface area (Å²) in [6.45, 7) is 9.94. The molecule has 0 saturated heterocycles. The topological polar surface area (TPSA) is 54.4 Å². The number of rotatable bonds is 1. The van der Waals surface area contributed by atoms with Gasteiger partial charge in [-0.1, -0.05) is 37.6 Å². The molecule has 0 aromatic rings. The zero-order chi connectivity index (χ0) is 18.2. The van der Waals surface area contributed by atoms with Crippen LogP contribution in [0.2, 0.25) is 0 Å². The van der Waals surface area contributed by atoms with Gasteiger partial charge in [-0.3, -0.25) is 9.59 Å². The number of Topliss-reactive ketones (excluding diaryl/α,β-unsaturated/α-hetero) is 1. The average molecular weight is 340 g/mol. The Morgan fingerprint density at radius 1 is 1.32 bits per heavy atom. The minimum atomic E-state index is -1.40. The summed E-state index contributed by atoms with van der Waals surface area (Å²) in [6.07, 6.45) is 9.06. The normalized spacial score (nSPS) is 45.9. The Balaban J connectivity index is 1.81. The Labute approximate surface area is 149 Å². The first-order chi connectivity index (χ1) is 11.6. The zero-order valence-electron chi connectivity index (χ0n) is 15.5. The smallest absolute Gasteiger partial charge is 0.166 e. The summed E-state index contributed by atoms with van der Waals surface area (Å²) in [6, 6.07) is 0. The maximum atomic E-state index is 12.3. The highest BCUT2D eigenvalue weighted by Gasteiger charge is 2.65. The van der Waals surface area contributed by atoms with Crippen LogP contribution in [0.1, 0.15) is 59.3 Å². The molecule has 25 heavy (non-hydrogen) atoms. The van der Waals surface area contributed by atoms with Gasteiger partial charge in [0, 0.05) is 17.3 Å². The molecule has 4 aliphatic carbocycles.